The number of hydrogen-bond donors (Lipinski definition) is 3. The molecule has 5 atom stereocenters. The summed E-state index contributed by atoms with van der Waals surface area (Å²) < 4.78 is 17.1. The molecule has 0 saturated carbocycles. The fourth-order valence-corrected chi connectivity index (χ4v) is 4.41. The number of halogens is 1. The van der Waals surface area contributed by atoms with Crippen LogP contribution in [0.15, 0.2) is 66.7 Å². The van der Waals surface area contributed by atoms with Crippen LogP contribution >= 0.6 is 11.6 Å². The van der Waals surface area contributed by atoms with Crippen molar-refractivity contribution in [1.82, 2.24) is 0 Å². The summed E-state index contributed by atoms with van der Waals surface area (Å²) >= 11 is 6.45. The molecule has 0 spiro atoms. The summed E-state index contributed by atoms with van der Waals surface area (Å²) in [4.78, 5) is 10.5. The van der Waals surface area contributed by atoms with Crippen molar-refractivity contribution < 1.29 is 34.5 Å². The van der Waals surface area contributed by atoms with Crippen molar-refractivity contribution in [2.75, 3.05) is 13.2 Å². The van der Waals surface area contributed by atoms with Gasteiger partial charge in [0.25, 0.3) is 5.69 Å². The molecule has 0 aliphatic carbocycles. The second-order valence-electron chi connectivity index (χ2n) is 8.74. The lowest BCUT2D eigenvalue weighted by molar-refractivity contribution is -0.384. The number of hydrogen-bond acceptors (Lipinski definition) is 8. The standard InChI is InChI=1S/C27H28ClNO8/c1-2-35-20-9-6-16(7-10-20)12-18-13-17(8-11-22(18)28)27-26(32)25(31)24(30)23(37-27)15-36-21-5-3-4-19(14-21)29(33)34/h3-11,13-14,23-27,30-32H,2,12,15H2,1H3/t23-,24-,25+,26-,27+/m1/s1. The topological polar surface area (TPSA) is 132 Å². The van der Waals surface area contributed by atoms with Crippen LogP contribution in [0.2, 0.25) is 5.02 Å². The molecule has 3 aromatic carbocycles. The third-order valence-corrected chi connectivity index (χ3v) is 6.55. The molecule has 1 heterocycles. The van der Waals surface area contributed by atoms with E-state index < -0.39 is 35.4 Å². The maximum Gasteiger partial charge on any atom is 0.273 e. The minimum atomic E-state index is -1.50. The Kier molecular flexibility index (Phi) is 8.63. The zero-order chi connectivity index (χ0) is 26.5. The Bertz CT molecular complexity index is 1220. The number of nitro groups is 1. The summed E-state index contributed by atoms with van der Waals surface area (Å²) in [6, 6.07) is 18.5. The molecule has 196 valence electrons. The molecular weight excluding hydrogens is 502 g/mol. The molecule has 3 aromatic rings. The van der Waals surface area contributed by atoms with Crippen molar-refractivity contribution in [2.45, 2.75) is 43.9 Å². The molecule has 0 aromatic heterocycles. The van der Waals surface area contributed by atoms with Crippen molar-refractivity contribution in [3.05, 3.63) is 98.6 Å². The minimum absolute atomic E-state index is 0.142. The van der Waals surface area contributed by atoms with Crippen molar-refractivity contribution in [2.24, 2.45) is 0 Å². The van der Waals surface area contributed by atoms with Gasteiger partial charge in [-0.05, 0) is 54.3 Å². The highest BCUT2D eigenvalue weighted by Gasteiger charge is 2.44. The average Bonchev–Trinajstić information content (AvgIpc) is 2.90. The van der Waals surface area contributed by atoms with Crippen LogP contribution in [-0.2, 0) is 11.2 Å². The van der Waals surface area contributed by atoms with Gasteiger partial charge in [-0.3, -0.25) is 10.1 Å². The summed E-state index contributed by atoms with van der Waals surface area (Å²) in [5, 5.41) is 43.3. The van der Waals surface area contributed by atoms with Crippen LogP contribution in [0.1, 0.15) is 29.7 Å². The van der Waals surface area contributed by atoms with Gasteiger partial charge in [-0.2, -0.15) is 0 Å². The minimum Gasteiger partial charge on any atom is -0.494 e. The fourth-order valence-electron chi connectivity index (χ4n) is 4.23. The molecule has 4 rings (SSSR count). The van der Waals surface area contributed by atoms with E-state index in [9.17, 15) is 25.4 Å². The summed E-state index contributed by atoms with van der Waals surface area (Å²) in [7, 11) is 0. The first kappa shape index (κ1) is 26.8. The zero-order valence-electron chi connectivity index (χ0n) is 20.1. The number of benzene rings is 3. The van der Waals surface area contributed by atoms with Crippen LogP contribution in [0.5, 0.6) is 11.5 Å². The molecule has 1 aliphatic rings. The smallest absolute Gasteiger partial charge is 0.273 e. The molecule has 1 aliphatic heterocycles. The molecule has 9 nitrogen and oxygen atoms in total. The Hall–Kier alpha value is -3.21. The molecular formula is C27H28ClNO8. The maximum absolute atomic E-state index is 11.0. The van der Waals surface area contributed by atoms with Crippen molar-refractivity contribution in [3.63, 3.8) is 0 Å². The van der Waals surface area contributed by atoms with E-state index in [0.29, 0.717) is 23.6 Å². The molecule has 10 heteroatoms. The van der Waals surface area contributed by atoms with Gasteiger partial charge in [0.2, 0.25) is 0 Å². The number of aliphatic hydroxyl groups excluding tert-OH is 3. The Morgan fingerprint density at radius 3 is 2.41 bits per heavy atom. The van der Waals surface area contributed by atoms with Crippen LogP contribution in [0, 0.1) is 10.1 Å². The van der Waals surface area contributed by atoms with Gasteiger partial charge in [0, 0.05) is 11.1 Å². The molecule has 0 unspecified atom stereocenters. The zero-order valence-corrected chi connectivity index (χ0v) is 20.8. The number of aliphatic hydroxyl groups is 3. The number of non-ortho nitro benzene ring substituents is 1. The highest BCUT2D eigenvalue weighted by Crippen LogP contribution is 2.35. The van der Waals surface area contributed by atoms with Crippen molar-refractivity contribution in [1.29, 1.82) is 0 Å². The predicted octanol–water partition coefficient (Wildman–Crippen LogP) is 3.84. The maximum atomic E-state index is 11.0. The van der Waals surface area contributed by atoms with Gasteiger partial charge < -0.3 is 29.5 Å². The quantitative estimate of drug-likeness (QED) is 0.281. The molecule has 0 radical (unpaired) electrons. The molecule has 0 amide bonds. The number of nitrogens with zero attached hydrogens (tertiary/aromatic N) is 1. The average molecular weight is 530 g/mol. The van der Waals surface area contributed by atoms with Gasteiger partial charge in [0.05, 0.1) is 17.6 Å². The first-order valence-corrected chi connectivity index (χ1v) is 12.2. The van der Waals surface area contributed by atoms with Gasteiger partial charge in [-0.15, -0.1) is 0 Å². The molecule has 37 heavy (non-hydrogen) atoms. The van der Waals surface area contributed by atoms with Crippen LogP contribution < -0.4 is 9.47 Å². The largest absolute Gasteiger partial charge is 0.494 e. The monoisotopic (exact) mass is 529 g/mol. The summed E-state index contributed by atoms with van der Waals surface area (Å²) in [6.45, 7) is 2.30. The Morgan fingerprint density at radius 1 is 0.946 bits per heavy atom. The van der Waals surface area contributed by atoms with Crippen molar-refractivity contribution in [3.8, 4) is 11.5 Å². The predicted molar refractivity (Wildman–Crippen MR) is 136 cm³/mol. The van der Waals surface area contributed by atoms with Gasteiger partial charge >= 0.3 is 0 Å². The summed E-state index contributed by atoms with van der Waals surface area (Å²) in [6.07, 6.45) is -5.78. The van der Waals surface area contributed by atoms with Gasteiger partial charge in [0.1, 0.15) is 48.6 Å². The van der Waals surface area contributed by atoms with E-state index >= 15 is 0 Å². The highest BCUT2D eigenvalue weighted by molar-refractivity contribution is 6.31. The number of rotatable bonds is 9. The van der Waals surface area contributed by atoms with E-state index in [1.807, 2.05) is 31.2 Å². The van der Waals surface area contributed by atoms with E-state index in [-0.39, 0.29) is 18.0 Å². The first-order valence-electron chi connectivity index (χ1n) is 11.8. The van der Waals surface area contributed by atoms with Crippen LogP contribution in [-0.4, -0.2) is 57.9 Å². The third kappa shape index (κ3) is 6.38. The Labute approximate surface area is 219 Å². The first-order chi connectivity index (χ1) is 17.8. The van der Waals surface area contributed by atoms with Gasteiger partial charge in [0.15, 0.2) is 0 Å². The lowest BCUT2D eigenvalue weighted by atomic mass is 9.90. The lowest BCUT2D eigenvalue weighted by Gasteiger charge is -2.40. The second-order valence-corrected chi connectivity index (χ2v) is 9.14. The number of ether oxygens (including phenoxy) is 3. The van der Waals surface area contributed by atoms with E-state index in [1.165, 1.54) is 24.3 Å². The van der Waals surface area contributed by atoms with E-state index in [1.54, 1.807) is 18.2 Å². The molecule has 1 fully saturated rings. The summed E-state index contributed by atoms with van der Waals surface area (Å²) in [5.41, 5.74) is 2.23. The fraction of sp³-hybridized carbons (Fsp3) is 0.333. The van der Waals surface area contributed by atoms with E-state index in [4.69, 9.17) is 25.8 Å². The SMILES string of the molecule is CCOc1ccc(Cc2cc([C@@H]3O[C@H](COc4cccc([N+](=O)[O-])c4)[C@@H](O)[C@H](O)[C@H]3O)ccc2Cl)cc1. The summed E-state index contributed by atoms with van der Waals surface area (Å²) in [5.74, 6) is 0.988. The normalized spacial score (nSPS) is 23.4. The second kappa shape index (κ2) is 11.9. The van der Waals surface area contributed by atoms with Gasteiger partial charge in [-0.25, -0.2) is 0 Å². The third-order valence-electron chi connectivity index (χ3n) is 6.18. The Balaban J connectivity index is 1.50. The van der Waals surface area contributed by atoms with E-state index in [2.05, 4.69) is 0 Å². The van der Waals surface area contributed by atoms with Crippen molar-refractivity contribution >= 4 is 17.3 Å². The molecule has 3 N–H and O–H groups in total. The Morgan fingerprint density at radius 2 is 1.70 bits per heavy atom. The van der Waals surface area contributed by atoms with Crippen LogP contribution in [0.4, 0.5) is 5.69 Å². The molecule has 1 saturated heterocycles. The lowest BCUT2D eigenvalue weighted by Crippen LogP contribution is -2.55. The van der Waals surface area contributed by atoms with Gasteiger partial charge in [-0.1, -0.05) is 41.9 Å². The number of nitro benzene ring substituents is 1. The van der Waals surface area contributed by atoms with E-state index in [0.717, 1.165) is 16.9 Å². The highest BCUT2D eigenvalue weighted by atomic mass is 35.5. The van der Waals surface area contributed by atoms with Crippen LogP contribution in [0.3, 0.4) is 0 Å². The molecule has 0 bridgehead atoms. The van der Waals surface area contributed by atoms with Crippen LogP contribution in [0.25, 0.3) is 0 Å².